The number of carbonyl (C=O) groups excluding carboxylic acids is 2. The van der Waals surface area contributed by atoms with Gasteiger partial charge in [0.05, 0.1) is 7.11 Å². The molecule has 0 saturated heterocycles. The van der Waals surface area contributed by atoms with E-state index in [1.54, 1.807) is 0 Å². The predicted molar refractivity (Wildman–Crippen MR) is 56.1 cm³/mol. The summed E-state index contributed by atoms with van der Waals surface area (Å²) < 4.78 is 4.66. The van der Waals surface area contributed by atoms with Crippen LogP contribution < -0.4 is 5.32 Å². The molecule has 1 N–H and O–H groups in total. The first-order valence-corrected chi connectivity index (χ1v) is 5.42. The molecule has 1 atom stereocenters. The molecule has 0 aromatic rings. The molecule has 0 aromatic heterocycles. The summed E-state index contributed by atoms with van der Waals surface area (Å²) in [5.41, 5.74) is 0. The van der Waals surface area contributed by atoms with Gasteiger partial charge in [-0.25, -0.2) is 4.79 Å². The molecule has 0 aliphatic heterocycles. The van der Waals surface area contributed by atoms with Crippen LogP contribution in [0.3, 0.4) is 0 Å². The number of carbonyl (C=O) groups is 2. The SMILES string of the molecule is COC(=O)[C@H](CC(C)C)NC(=O)C1CC1. The molecule has 1 aliphatic rings. The van der Waals surface area contributed by atoms with Crippen LogP contribution in [0, 0.1) is 11.8 Å². The van der Waals surface area contributed by atoms with Gasteiger partial charge in [-0.2, -0.15) is 0 Å². The van der Waals surface area contributed by atoms with E-state index >= 15 is 0 Å². The van der Waals surface area contributed by atoms with E-state index in [-0.39, 0.29) is 17.8 Å². The molecule has 0 bridgehead atoms. The number of hydrogen-bond donors (Lipinski definition) is 1. The van der Waals surface area contributed by atoms with Crippen molar-refractivity contribution in [3.05, 3.63) is 0 Å². The Bertz CT molecular complexity index is 246. The Balaban J connectivity index is 2.46. The largest absolute Gasteiger partial charge is 0.467 e. The van der Waals surface area contributed by atoms with Crippen LogP contribution in [0.25, 0.3) is 0 Å². The topological polar surface area (TPSA) is 55.4 Å². The van der Waals surface area contributed by atoms with Gasteiger partial charge in [0.25, 0.3) is 0 Å². The third-order valence-electron chi connectivity index (χ3n) is 2.46. The monoisotopic (exact) mass is 213 g/mol. The third kappa shape index (κ3) is 3.90. The second-order valence-corrected chi connectivity index (χ2v) is 4.49. The molecule has 4 nitrogen and oxygen atoms in total. The van der Waals surface area contributed by atoms with Crippen LogP contribution in [0.2, 0.25) is 0 Å². The first-order chi connectivity index (χ1) is 7.04. The van der Waals surface area contributed by atoms with Crippen molar-refractivity contribution in [2.24, 2.45) is 11.8 Å². The predicted octanol–water partition coefficient (Wildman–Crippen LogP) is 1.10. The number of ether oxygens (including phenoxy) is 1. The zero-order valence-electron chi connectivity index (χ0n) is 9.58. The average Bonchev–Trinajstić information content (AvgIpc) is 2.97. The molecule has 1 fully saturated rings. The summed E-state index contributed by atoms with van der Waals surface area (Å²) in [6, 6.07) is -0.483. The van der Waals surface area contributed by atoms with E-state index in [0.29, 0.717) is 12.3 Å². The zero-order valence-corrected chi connectivity index (χ0v) is 9.58. The lowest BCUT2D eigenvalue weighted by molar-refractivity contribution is -0.145. The van der Waals surface area contributed by atoms with Crippen LogP contribution in [0.1, 0.15) is 33.1 Å². The minimum Gasteiger partial charge on any atom is -0.467 e. The normalized spacial score (nSPS) is 17.3. The first kappa shape index (κ1) is 12.0. The van der Waals surface area contributed by atoms with Crippen LogP contribution in [-0.2, 0) is 14.3 Å². The van der Waals surface area contributed by atoms with E-state index in [2.05, 4.69) is 10.1 Å². The third-order valence-corrected chi connectivity index (χ3v) is 2.46. The van der Waals surface area contributed by atoms with Crippen molar-refractivity contribution in [1.29, 1.82) is 0 Å². The molecule has 1 rings (SSSR count). The number of hydrogen-bond acceptors (Lipinski definition) is 3. The van der Waals surface area contributed by atoms with Gasteiger partial charge in [-0.3, -0.25) is 4.79 Å². The van der Waals surface area contributed by atoms with Crippen molar-refractivity contribution in [1.82, 2.24) is 5.32 Å². The van der Waals surface area contributed by atoms with Crippen molar-refractivity contribution in [3.8, 4) is 0 Å². The van der Waals surface area contributed by atoms with Crippen LogP contribution >= 0.6 is 0 Å². The average molecular weight is 213 g/mol. The van der Waals surface area contributed by atoms with Crippen molar-refractivity contribution in [2.45, 2.75) is 39.2 Å². The number of rotatable bonds is 5. The Morgan fingerprint density at radius 2 is 2.00 bits per heavy atom. The molecular weight excluding hydrogens is 194 g/mol. The number of esters is 1. The Labute approximate surface area is 90.4 Å². The molecule has 0 radical (unpaired) electrons. The standard InChI is InChI=1S/C11H19NO3/c1-7(2)6-9(11(14)15-3)12-10(13)8-4-5-8/h7-9H,4-6H2,1-3H3,(H,12,13)/t9-/m0/s1. The minimum atomic E-state index is -0.483. The lowest BCUT2D eigenvalue weighted by atomic mass is 10.0. The number of nitrogens with one attached hydrogen (secondary N) is 1. The molecule has 15 heavy (non-hydrogen) atoms. The van der Waals surface area contributed by atoms with Gasteiger partial charge >= 0.3 is 5.97 Å². The highest BCUT2D eigenvalue weighted by Crippen LogP contribution is 2.29. The van der Waals surface area contributed by atoms with Crippen molar-refractivity contribution < 1.29 is 14.3 Å². The Hall–Kier alpha value is -1.06. The fraction of sp³-hybridized carbons (Fsp3) is 0.818. The van der Waals surface area contributed by atoms with Crippen molar-refractivity contribution in [2.75, 3.05) is 7.11 Å². The second-order valence-electron chi connectivity index (χ2n) is 4.49. The first-order valence-electron chi connectivity index (χ1n) is 5.42. The summed E-state index contributed by atoms with van der Waals surface area (Å²) in [6.07, 6.45) is 2.52. The lowest BCUT2D eigenvalue weighted by Crippen LogP contribution is -2.43. The highest BCUT2D eigenvalue weighted by Gasteiger charge is 2.32. The van der Waals surface area contributed by atoms with Crippen molar-refractivity contribution in [3.63, 3.8) is 0 Å². The minimum absolute atomic E-state index is 0.00829. The Morgan fingerprint density at radius 3 is 2.40 bits per heavy atom. The van der Waals surface area contributed by atoms with Gasteiger partial charge in [0.15, 0.2) is 0 Å². The van der Waals surface area contributed by atoms with Gasteiger partial charge in [-0.05, 0) is 25.2 Å². The van der Waals surface area contributed by atoms with Crippen LogP contribution in [0.15, 0.2) is 0 Å². The quantitative estimate of drug-likeness (QED) is 0.696. The smallest absolute Gasteiger partial charge is 0.328 e. The summed E-state index contributed by atoms with van der Waals surface area (Å²) in [5, 5.41) is 2.75. The molecule has 1 aliphatic carbocycles. The van der Waals surface area contributed by atoms with Gasteiger partial charge in [-0.1, -0.05) is 13.8 Å². The maximum atomic E-state index is 11.5. The summed E-state index contributed by atoms with van der Waals surface area (Å²) in [6.45, 7) is 4.03. The molecule has 0 aromatic carbocycles. The maximum Gasteiger partial charge on any atom is 0.328 e. The maximum absolute atomic E-state index is 11.5. The van der Waals surface area contributed by atoms with E-state index < -0.39 is 6.04 Å². The number of amides is 1. The second kappa shape index (κ2) is 5.14. The van der Waals surface area contributed by atoms with E-state index in [0.717, 1.165) is 12.8 Å². The van der Waals surface area contributed by atoms with E-state index in [4.69, 9.17) is 0 Å². The summed E-state index contributed by atoms with van der Waals surface area (Å²) in [5.74, 6) is 0.127. The molecule has 0 unspecified atom stereocenters. The lowest BCUT2D eigenvalue weighted by Gasteiger charge is -2.18. The van der Waals surface area contributed by atoms with Crippen LogP contribution in [0.4, 0.5) is 0 Å². The fourth-order valence-corrected chi connectivity index (χ4v) is 1.46. The van der Waals surface area contributed by atoms with Gasteiger partial charge in [0.1, 0.15) is 6.04 Å². The van der Waals surface area contributed by atoms with E-state index in [1.807, 2.05) is 13.8 Å². The van der Waals surface area contributed by atoms with Crippen molar-refractivity contribution >= 4 is 11.9 Å². The molecule has 86 valence electrons. The fourth-order valence-electron chi connectivity index (χ4n) is 1.46. The number of methoxy groups -OCH3 is 1. The highest BCUT2D eigenvalue weighted by atomic mass is 16.5. The molecule has 0 heterocycles. The molecule has 1 amide bonds. The van der Waals surface area contributed by atoms with Gasteiger partial charge in [0.2, 0.25) is 5.91 Å². The molecule has 0 spiro atoms. The van der Waals surface area contributed by atoms with Gasteiger partial charge in [0, 0.05) is 5.92 Å². The van der Waals surface area contributed by atoms with Gasteiger partial charge < -0.3 is 10.1 Å². The van der Waals surface area contributed by atoms with Crippen LogP contribution in [-0.4, -0.2) is 25.0 Å². The van der Waals surface area contributed by atoms with Crippen LogP contribution in [0.5, 0.6) is 0 Å². The summed E-state index contributed by atoms with van der Waals surface area (Å²) in [7, 11) is 1.35. The zero-order chi connectivity index (χ0) is 11.4. The summed E-state index contributed by atoms with van der Waals surface area (Å²) in [4.78, 5) is 22.9. The molecular formula is C11H19NO3. The molecule has 4 heteroatoms. The Morgan fingerprint density at radius 1 is 1.40 bits per heavy atom. The van der Waals surface area contributed by atoms with E-state index in [9.17, 15) is 9.59 Å². The highest BCUT2D eigenvalue weighted by molar-refractivity contribution is 5.86. The Kier molecular flexibility index (Phi) is 4.12. The summed E-state index contributed by atoms with van der Waals surface area (Å²) >= 11 is 0. The van der Waals surface area contributed by atoms with E-state index in [1.165, 1.54) is 7.11 Å². The van der Waals surface area contributed by atoms with Gasteiger partial charge in [-0.15, -0.1) is 0 Å². The molecule has 1 saturated carbocycles.